The molecule has 0 bridgehead atoms. The van der Waals surface area contributed by atoms with Gasteiger partial charge in [0.15, 0.2) is 6.10 Å². The first-order chi connectivity index (χ1) is 37.0. The van der Waals surface area contributed by atoms with Crippen LogP contribution in [-0.2, 0) is 28.6 Å². The Hall–Kier alpha value is -5.23. The number of hydrogen-bond acceptors (Lipinski definition) is 6. The third-order valence-corrected chi connectivity index (χ3v) is 11.7. The maximum atomic E-state index is 12.9. The molecule has 1 atom stereocenters. The molecule has 1 unspecified atom stereocenters. The molecule has 0 aromatic heterocycles. The number of esters is 3. The average molecular weight is 1030 g/mol. The topological polar surface area (TPSA) is 78.9 Å². The maximum absolute atomic E-state index is 12.9. The lowest BCUT2D eigenvalue weighted by molar-refractivity contribution is -0.166. The van der Waals surface area contributed by atoms with Crippen LogP contribution in [0.1, 0.15) is 226 Å². The van der Waals surface area contributed by atoms with E-state index < -0.39 is 6.10 Å². The van der Waals surface area contributed by atoms with Gasteiger partial charge in [0.25, 0.3) is 0 Å². The lowest BCUT2D eigenvalue weighted by Crippen LogP contribution is -2.30. The summed E-state index contributed by atoms with van der Waals surface area (Å²) in [7, 11) is 0. The molecule has 0 saturated heterocycles. The van der Waals surface area contributed by atoms with Gasteiger partial charge in [-0.2, -0.15) is 0 Å². The van der Waals surface area contributed by atoms with E-state index in [2.05, 4.69) is 179 Å². The zero-order chi connectivity index (χ0) is 54.3. The van der Waals surface area contributed by atoms with Gasteiger partial charge in [-0.05, 0) is 135 Å². The smallest absolute Gasteiger partial charge is 0.306 e. The third kappa shape index (κ3) is 59.5. The van der Waals surface area contributed by atoms with E-state index in [0.29, 0.717) is 12.8 Å². The summed E-state index contributed by atoms with van der Waals surface area (Å²) in [6, 6.07) is 0. The second kappa shape index (κ2) is 61.3. The Morgan fingerprint density at radius 3 is 0.827 bits per heavy atom. The molecule has 0 heterocycles. The van der Waals surface area contributed by atoms with Crippen molar-refractivity contribution in [1.29, 1.82) is 0 Å². The highest BCUT2D eigenvalue weighted by atomic mass is 16.6. The lowest BCUT2D eigenvalue weighted by Gasteiger charge is -2.18. The standard InChI is InChI=1S/C69H106O6/c1-4-7-10-13-16-19-22-25-28-31-34-37-40-43-46-49-52-55-58-61-67(70)73-64-66(75-69(72)63-60-57-54-51-48-45-42-39-36-33-30-27-24-21-18-15-12-9-6-3)65-74-68(71)62-59-56-53-50-47-44-41-38-35-32-29-26-23-20-17-14-11-8-5-2/h7-12,16-21,25-30,34-39,43,46,52,55,66H,4-6,13-15,22-24,31-33,40-42,44-45,47-51,53-54,56-65H2,1-3H3/b10-7-,11-8-,12-9-,19-16-,20-17-,21-18-,28-25-,29-26-,30-27-,37-34-,38-35-,39-36-,46-43-,55-52-. The Kier molecular flexibility index (Phi) is 57.0. The summed E-state index contributed by atoms with van der Waals surface area (Å²) in [5, 5.41) is 0. The van der Waals surface area contributed by atoms with E-state index in [9.17, 15) is 14.4 Å². The summed E-state index contributed by atoms with van der Waals surface area (Å²) in [5.74, 6) is -1.05. The van der Waals surface area contributed by atoms with Crippen LogP contribution in [0.15, 0.2) is 170 Å². The number of ether oxygens (including phenoxy) is 3. The second-order valence-corrected chi connectivity index (χ2v) is 18.8. The van der Waals surface area contributed by atoms with Crippen molar-refractivity contribution in [3.63, 3.8) is 0 Å². The molecule has 0 aliphatic heterocycles. The number of rotatable bonds is 51. The summed E-state index contributed by atoms with van der Waals surface area (Å²) in [5.41, 5.74) is 0. The number of hydrogen-bond donors (Lipinski definition) is 0. The molecule has 0 amide bonds. The Balaban J connectivity index is 4.59. The molecule has 0 aliphatic rings. The van der Waals surface area contributed by atoms with Gasteiger partial charge < -0.3 is 14.2 Å². The highest BCUT2D eigenvalue weighted by Crippen LogP contribution is 2.13. The summed E-state index contributed by atoms with van der Waals surface area (Å²) >= 11 is 0. The normalized spacial score (nSPS) is 13.4. The van der Waals surface area contributed by atoms with Crippen LogP contribution in [-0.4, -0.2) is 37.2 Å². The van der Waals surface area contributed by atoms with Crippen LogP contribution < -0.4 is 0 Å². The predicted molar refractivity (Wildman–Crippen MR) is 325 cm³/mol. The van der Waals surface area contributed by atoms with Crippen LogP contribution in [0.2, 0.25) is 0 Å². The fraction of sp³-hybridized carbons (Fsp3) is 0.551. The molecule has 0 aliphatic carbocycles. The monoisotopic (exact) mass is 1030 g/mol. The van der Waals surface area contributed by atoms with Gasteiger partial charge in [-0.25, -0.2) is 0 Å². The minimum absolute atomic E-state index is 0.123. The molecule has 6 nitrogen and oxygen atoms in total. The molecule has 0 aromatic carbocycles. The van der Waals surface area contributed by atoms with Gasteiger partial charge in [-0.15, -0.1) is 0 Å². The minimum Gasteiger partial charge on any atom is -0.462 e. The van der Waals surface area contributed by atoms with Crippen LogP contribution >= 0.6 is 0 Å². The van der Waals surface area contributed by atoms with Crippen molar-refractivity contribution in [2.24, 2.45) is 0 Å². The molecule has 75 heavy (non-hydrogen) atoms. The molecule has 0 aromatic rings. The van der Waals surface area contributed by atoms with Gasteiger partial charge in [0.05, 0.1) is 0 Å². The quantitative estimate of drug-likeness (QED) is 0.0261. The molecule has 0 fully saturated rings. The van der Waals surface area contributed by atoms with E-state index in [1.54, 1.807) is 0 Å². The van der Waals surface area contributed by atoms with E-state index in [-0.39, 0.29) is 44.0 Å². The minimum atomic E-state index is -0.833. The highest BCUT2D eigenvalue weighted by molar-refractivity contribution is 5.71. The molecule has 418 valence electrons. The zero-order valence-corrected chi connectivity index (χ0v) is 47.7. The van der Waals surface area contributed by atoms with Crippen molar-refractivity contribution < 1.29 is 28.6 Å². The summed E-state index contributed by atoms with van der Waals surface area (Å²) < 4.78 is 16.8. The van der Waals surface area contributed by atoms with Crippen LogP contribution in [0, 0.1) is 0 Å². The predicted octanol–water partition coefficient (Wildman–Crippen LogP) is 20.3. The van der Waals surface area contributed by atoms with Crippen molar-refractivity contribution in [3.8, 4) is 0 Å². The van der Waals surface area contributed by atoms with Gasteiger partial charge >= 0.3 is 17.9 Å². The molecule has 0 radical (unpaired) electrons. The zero-order valence-electron chi connectivity index (χ0n) is 47.7. The first-order valence-corrected chi connectivity index (χ1v) is 29.6. The largest absolute Gasteiger partial charge is 0.462 e. The molecular formula is C69H106O6. The van der Waals surface area contributed by atoms with Crippen molar-refractivity contribution >= 4 is 17.9 Å². The van der Waals surface area contributed by atoms with Crippen molar-refractivity contribution in [1.82, 2.24) is 0 Å². The summed E-state index contributed by atoms with van der Waals surface area (Å²) in [4.78, 5) is 38.2. The number of unbranched alkanes of at least 4 members (excludes halogenated alkanes) is 12. The van der Waals surface area contributed by atoms with E-state index in [1.165, 1.54) is 25.7 Å². The second-order valence-electron chi connectivity index (χ2n) is 18.8. The molecule has 0 rings (SSSR count). The number of allylic oxidation sites excluding steroid dienone is 28. The van der Waals surface area contributed by atoms with Crippen molar-refractivity contribution in [2.75, 3.05) is 13.2 Å². The SMILES string of the molecule is CC/C=C\C/C=C\C/C=C\C/C=C\C/C=C\C/C=C\CCC(=O)OCC(COC(=O)CCCCCCCC/C=C\C/C=C\C/C=C\C/C=C\CC)OC(=O)CCCCCCCC/C=C\C/C=C\C/C=C\C/C=C\CC. The van der Waals surface area contributed by atoms with Crippen LogP contribution in [0.25, 0.3) is 0 Å². The van der Waals surface area contributed by atoms with E-state index in [1.807, 2.05) is 12.2 Å². The Morgan fingerprint density at radius 2 is 0.507 bits per heavy atom. The summed E-state index contributed by atoms with van der Waals surface area (Å²) in [6.45, 7) is 6.20. The average Bonchev–Trinajstić information content (AvgIpc) is 3.41. The fourth-order valence-corrected chi connectivity index (χ4v) is 7.39. The molecular weight excluding hydrogens is 925 g/mol. The summed E-state index contributed by atoms with van der Waals surface area (Å²) in [6.07, 6.45) is 90.6. The highest BCUT2D eigenvalue weighted by Gasteiger charge is 2.19. The Bertz CT molecular complexity index is 1750. The molecule has 0 spiro atoms. The molecule has 6 heteroatoms. The van der Waals surface area contributed by atoms with Gasteiger partial charge in [0.2, 0.25) is 0 Å². The van der Waals surface area contributed by atoms with Crippen molar-refractivity contribution in [2.45, 2.75) is 232 Å². The Morgan fingerprint density at radius 1 is 0.267 bits per heavy atom. The van der Waals surface area contributed by atoms with Crippen LogP contribution in [0.3, 0.4) is 0 Å². The first kappa shape index (κ1) is 69.8. The van der Waals surface area contributed by atoms with Gasteiger partial charge in [0, 0.05) is 19.3 Å². The van der Waals surface area contributed by atoms with Gasteiger partial charge in [-0.1, -0.05) is 242 Å². The number of carbonyl (C=O) groups excluding carboxylic acids is 3. The first-order valence-electron chi connectivity index (χ1n) is 29.6. The fourth-order valence-electron chi connectivity index (χ4n) is 7.39. The number of carbonyl (C=O) groups is 3. The van der Waals surface area contributed by atoms with Crippen LogP contribution in [0.5, 0.6) is 0 Å². The molecule has 0 N–H and O–H groups in total. The van der Waals surface area contributed by atoms with Crippen molar-refractivity contribution in [3.05, 3.63) is 170 Å². The van der Waals surface area contributed by atoms with E-state index in [4.69, 9.17) is 14.2 Å². The van der Waals surface area contributed by atoms with Gasteiger partial charge in [-0.3, -0.25) is 14.4 Å². The van der Waals surface area contributed by atoms with Crippen LogP contribution in [0.4, 0.5) is 0 Å². The van der Waals surface area contributed by atoms with E-state index >= 15 is 0 Å². The molecule has 0 saturated carbocycles. The third-order valence-electron chi connectivity index (χ3n) is 11.7. The van der Waals surface area contributed by atoms with Gasteiger partial charge in [0.1, 0.15) is 13.2 Å². The Labute approximate surface area is 460 Å². The maximum Gasteiger partial charge on any atom is 0.306 e. The lowest BCUT2D eigenvalue weighted by atomic mass is 10.1. The van der Waals surface area contributed by atoms with E-state index in [0.717, 1.165) is 154 Å².